The van der Waals surface area contributed by atoms with E-state index in [4.69, 9.17) is 4.74 Å². The van der Waals surface area contributed by atoms with Crippen LogP contribution in [0.1, 0.15) is 67.2 Å². The predicted molar refractivity (Wildman–Crippen MR) is 112 cm³/mol. The van der Waals surface area contributed by atoms with Gasteiger partial charge in [0.05, 0.1) is 12.6 Å². The van der Waals surface area contributed by atoms with Crippen molar-refractivity contribution in [2.24, 2.45) is 4.99 Å². The molecule has 1 saturated heterocycles. The van der Waals surface area contributed by atoms with Crippen molar-refractivity contribution in [3.8, 4) is 0 Å². The molecule has 0 bridgehead atoms. The Morgan fingerprint density at radius 1 is 1.25 bits per heavy atom. The van der Waals surface area contributed by atoms with Crippen molar-refractivity contribution in [3.05, 3.63) is 0 Å². The molecule has 2 atom stereocenters. The maximum absolute atomic E-state index is 12.1. The smallest absolute Gasteiger partial charge is 0.407 e. The maximum Gasteiger partial charge on any atom is 0.407 e. The Labute approximate surface area is 169 Å². The fourth-order valence-electron chi connectivity index (χ4n) is 3.07. The number of aliphatic imine (C=N–C) groups is 1. The molecule has 8 heteroatoms. The number of ether oxygens (including phenoxy) is 1. The summed E-state index contributed by atoms with van der Waals surface area (Å²) in [4.78, 5) is 30.5. The number of alkyl carbamates (subject to hydrolysis) is 1. The van der Waals surface area contributed by atoms with Gasteiger partial charge in [-0.1, -0.05) is 20.3 Å². The van der Waals surface area contributed by atoms with Crippen molar-refractivity contribution in [1.29, 1.82) is 0 Å². The van der Waals surface area contributed by atoms with Gasteiger partial charge in [0.1, 0.15) is 5.60 Å². The highest BCUT2D eigenvalue weighted by molar-refractivity contribution is 5.80. The fraction of sp³-hybridized carbons (Fsp3) is 0.850. The largest absolute Gasteiger partial charge is 0.444 e. The summed E-state index contributed by atoms with van der Waals surface area (Å²) < 4.78 is 5.35. The fourth-order valence-corrected chi connectivity index (χ4v) is 3.07. The standard InChI is InChI=1S/C20H39N5O3/c1-7-10-15(24-19(27)28-20(4,5)6)13-22-18(21-9-3)23-16-11-12-25(14-16)17(26)8-2/h15-16H,7-14H2,1-6H3,(H,24,27)(H2,21,22,23). The van der Waals surface area contributed by atoms with E-state index in [1.54, 1.807) is 0 Å². The van der Waals surface area contributed by atoms with Crippen LogP contribution in [-0.4, -0.2) is 66.7 Å². The van der Waals surface area contributed by atoms with Crippen LogP contribution in [0.4, 0.5) is 4.79 Å². The number of hydrogen-bond donors (Lipinski definition) is 3. The van der Waals surface area contributed by atoms with Crippen molar-refractivity contribution in [3.63, 3.8) is 0 Å². The van der Waals surface area contributed by atoms with E-state index in [1.165, 1.54) is 0 Å². The van der Waals surface area contributed by atoms with Crippen LogP contribution in [0.25, 0.3) is 0 Å². The normalized spacial score (nSPS) is 18.6. The van der Waals surface area contributed by atoms with Crippen molar-refractivity contribution in [1.82, 2.24) is 20.9 Å². The molecule has 1 aliphatic rings. The van der Waals surface area contributed by atoms with E-state index in [1.807, 2.05) is 39.5 Å². The third-order valence-corrected chi connectivity index (χ3v) is 4.36. The van der Waals surface area contributed by atoms with Crippen molar-refractivity contribution in [2.45, 2.75) is 84.9 Å². The second kappa shape index (κ2) is 11.8. The van der Waals surface area contributed by atoms with Crippen molar-refractivity contribution < 1.29 is 14.3 Å². The van der Waals surface area contributed by atoms with E-state index in [0.717, 1.165) is 32.4 Å². The number of amides is 2. The molecule has 0 radical (unpaired) electrons. The first-order valence-electron chi connectivity index (χ1n) is 10.5. The second-order valence-electron chi connectivity index (χ2n) is 8.17. The summed E-state index contributed by atoms with van der Waals surface area (Å²) >= 11 is 0. The zero-order chi connectivity index (χ0) is 21.2. The summed E-state index contributed by atoms with van der Waals surface area (Å²) in [6.45, 7) is 14.2. The number of carbonyl (C=O) groups excluding carboxylic acids is 2. The average Bonchev–Trinajstić information content (AvgIpc) is 3.06. The number of carbonyl (C=O) groups is 2. The van der Waals surface area contributed by atoms with Gasteiger partial charge >= 0.3 is 6.09 Å². The number of nitrogens with one attached hydrogen (secondary N) is 3. The minimum absolute atomic E-state index is 0.0861. The van der Waals surface area contributed by atoms with Crippen molar-refractivity contribution in [2.75, 3.05) is 26.2 Å². The Morgan fingerprint density at radius 3 is 2.54 bits per heavy atom. The predicted octanol–water partition coefficient (Wildman–Crippen LogP) is 2.25. The molecule has 28 heavy (non-hydrogen) atoms. The molecular weight excluding hydrogens is 358 g/mol. The molecule has 0 saturated carbocycles. The van der Waals surface area contributed by atoms with E-state index in [2.05, 4.69) is 27.9 Å². The first-order valence-corrected chi connectivity index (χ1v) is 10.5. The quantitative estimate of drug-likeness (QED) is 0.431. The van der Waals surface area contributed by atoms with Crippen LogP contribution in [-0.2, 0) is 9.53 Å². The SMILES string of the molecule is CCCC(CN=C(NCC)NC1CCN(C(=O)CC)C1)NC(=O)OC(C)(C)C. The lowest BCUT2D eigenvalue weighted by molar-refractivity contribution is -0.129. The Hall–Kier alpha value is -1.99. The van der Waals surface area contributed by atoms with Gasteiger partial charge in [-0.05, 0) is 40.5 Å². The average molecular weight is 398 g/mol. The molecule has 0 aliphatic carbocycles. The van der Waals surface area contributed by atoms with Gasteiger partial charge in [-0.3, -0.25) is 9.79 Å². The highest BCUT2D eigenvalue weighted by atomic mass is 16.6. The molecule has 162 valence electrons. The van der Waals surface area contributed by atoms with Gasteiger partial charge in [0.25, 0.3) is 0 Å². The second-order valence-corrected chi connectivity index (χ2v) is 8.17. The molecular formula is C20H39N5O3. The molecule has 3 N–H and O–H groups in total. The molecule has 0 aromatic carbocycles. The molecule has 1 fully saturated rings. The van der Waals surface area contributed by atoms with Gasteiger partial charge in [0.2, 0.25) is 5.91 Å². The van der Waals surface area contributed by atoms with Crippen LogP contribution in [0.3, 0.4) is 0 Å². The summed E-state index contributed by atoms with van der Waals surface area (Å²) in [6.07, 6.45) is 2.80. The third-order valence-electron chi connectivity index (χ3n) is 4.36. The topological polar surface area (TPSA) is 95.1 Å². The number of likely N-dealkylation sites (tertiary alicyclic amines) is 1. The van der Waals surface area contributed by atoms with Crippen molar-refractivity contribution >= 4 is 18.0 Å². The van der Waals surface area contributed by atoms with E-state index in [0.29, 0.717) is 25.5 Å². The lowest BCUT2D eigenvalue weighted by Gasteiger charge is -2.23. The van der Waals surface area contributed by atoms with E-state index >= 15 is 0 Å². The molecule has 1 aliphatic heterocycles. The molecule has 1 heterocycles. The summed E-state index contributed by atoms with van der Waals surface area (Å²) in [5.74, 6) is 0.904. The zero-order valence-electron chi connectivity index (χ0n) is 18.4. The molecule has 0 aromatic heterocycles. The molecule has 1 rings (SSSR count). The van der Waals surface area contributed by atoms with E-state index < -0.39 is 11.7 Å². The number of guanidine groups is 1. The first-order chi connectivity index (χ1) is 13.2. The third kappa shape index (κ3) is 9.28. The molecule has 0 spiro atoms. The Balaban J connectivity index is 2.64. The lowest BCUT2D eigenvalue weighted by atomic mass is 10.1. The number of nitrogens with zero attached hydrogens (tertiary/aromatic N) is 2. The van der Waals surface area contributed by atoms with Crippen LogP contribution in [0, 0.1) is 0 Å². The van der Waals surface area contributed by atoms with Gasteiger partial charge in [-0.25, -0.2) is 4.79 Å². The Morgan fingerprint density at radius 2 is 1.96 bits per heavy atom. The monoisotopic (exact) mass is 397 g/mol. The van der Waals surface area contributed by atoms with Crippen LogP contribution >= 0.6 is 0 Å². The number of hydrogen-bond acceptors (Lipinski definition) is 4. The molecule has 2 amide bonds. The Kier molecular flexibility index (Phi) is 10.1. The zero-order valence-corrected chi connectivity index (χ0v) is 18.4. The van der Waals surface area contributed by atoms with Gasteiger partial charge in [-0.2, -0.15) is 0 Å². The minimum Gasteiger partial charge on any atom is -0.444 e. The highest BCUT2D eigenvalue weighted by Crippen LogP contribution is 2.11. The van der Waals surface area contributed by atoms with Crippen LogP contribution in [0.2, 0.25) is 0 Å². The Bertz CT molecular complexity index is 530. The molecule has 0 aromatic rings. The van der Waals surface area contributed by atoms with Crippen LogP contribution in [0.5, 0.6) is 0 Å². The summed E-state index contributed by atoms with van der Waals surface area (Å²) in [5.41, 5.74) is -0.523. The first kappa shape index (κ1) is 24.0. The number of rotatable bonds is 8. The maximum atomic E-state index is 12.1. The summed E-state index contributed by atoms with van der Waals surface area (Å²) in [7, 11) is 0. The summed E-state index contributed by atoms with van der Waals surface area (Å²) in [5, 5.41) is 9.58. The van der Waals surface area contributed by atoms with E-state index in [-0.39, 0.29) is 18.0 Å². The minimum atomic E-state index is -0.523. The molecule has 8 nitrogen and oxygen atoms in total. The van der Waals surface area contributed by atoms with E-state index in [9.17, 15) is 9.59 Å². The van der Waals surface area contributed by atoms with Gasteiger partial charge in [-0.15, -0.1) is 0 Å². The van der Waals surface area contributed by atoms with Crippen LogP contribution in [0.15, 0.2) is 4.99 Å². The van der Waals surface area contributed by atoms with Gasteiger partial charge < -0.3 is 25.6 Å². The highest BCUT2D eigenvalue weighted by Gasteiger charge is 2.26. The van der Waals surface area contributed by atoms with Gasteiger partial charge in [0, 0.05) is 32.1 Å². The lowest BCUT2D eigenvalue weighted by Crippen LogP contribution is -2.46. The van der Waals surface area contributed by atoms with Crippen LogP contribution < -0.4 is 16.0 Å². The summed E-state index contributed by atoms with van der Waals surface area (Å²) in [6, 6.07) is 0.105. The molecule has 2 unspecified atom stereocenters. The van der Waals surface area contributed by atoms with Gasteiger partial charge in [0.15, 0.2) is 5.96 Å².